The zero-order valence-electron chi connectivity index (χ0n) is 20.3. The fourth-order valence-electron chi connectivity index (χ4n) is 4.48. The number of nitrogens with two attached hydrogens (primary N) is 1. The van der Waals surface area contributed by atoms with Gasteiger partial charge in [0, 0.05) is 30.7 Å². The van der Waals surface area contributed by atoms with Crippen LogP contribution in [0.1, 0.15) is 10.4 Å². The maximum absolute atomic E-state index is 14.6. The van der Waals surface area contributed by atoms with Crippen molar-refractivity contribution >= 4 is 45.8 Å². The van der Waals surface area contributed by atoms with Gasteiger partial charge in [-0.1, -0.05) is 12.1 Å². The Labute approximate surface area is 216 Å². The average Bonchev–Trinajstić information content (AvgIpc) is 2.93. The number of aromatic nitrogens is 1. The Bertz CT molecular complexity index is 1400. The van der Waals surface area contributed by atoms with Crippen molar-refractivity contribution < 1.29 is 33.4 Å². The predicted octanol–water partition coefficient (Wildman–Crippen LogP) is 1.16. The molecule has 2 atom stereocenters. The lowest BCUT2D eigenvalue weighted by Gasteiger charge is -2.34. The molecule has 4 N–H and O–H groups in total. The van der Waals surface area contributed by atoms with Crippen LogP contribution in [0.5, 0.6) is 0 Å². The van der Waals surface area contributed by atoms with E-state index in [9.17, 15) is 23.9 Å². The number of fused-ring (bicyclic) bond motifs is 1. The standard InChI is InChI=1S/C26H26FN5O6/c27-18-6-5-16(14-17(18)25(35)31-8-11-37-12-9-31)32-10-13-38-23(26(32)36)22(33)24(34)29-19-3-1-2-15-4-7-20(28)30-21(15)19/h1-7,14,22-23,33H,8-13H2,(H2,28,30)(H,29,34)/t22-,23-/m1/s1. The largest absolute Gasteiger partial charge is 0.384 e. The highest BCUT2D eigenvalue weighted by Crippen LogP contribution is 2.26. The number of para-hydroxylation sites is 1. The number of ether oxygens (including phenoxy) is 2. The van der Waals surface area contributed by atoms with Crippen LogP contribution in [0, 0.1) is 5.82 Å². The van der Waals surface area contributed by atoms with Gasteiger partial charge in [0.05, 0.1) is 36.6 Å². The van der Waals surface area contributed by atoms with Crippen molar-refractivity contribution in [1.29, 1.82) is 0 Å². The Morgan fingerprint density at radius 2 is 1.89 bits per heavy atom. The molecular formula is C26H26FN5O6. The van der Waals surface area contributed by atoms with Crippen molar-refractivity contribution in [3.63, 3.8) is 0 Å². The van der Waals surface area contributed by atoms with E-state index in [-0.39, 0.29) is 30.2 Å². The molecule has 3 amide bonds. The van der Waals surface area contributed by atoms with E-state index in [1.807, 2.05) is 0 Å². The monoisotopic (exact) mass is 523 g/mol. The maximum atomic E-state index is 14.6. The van der Waals surface area contributed by atoms with Crippen LogP contribution in [0.15, 0.2) is 48.5 Å². The first-order valence-corrected chi connectivity index (χ1v) is 12.1. The Morgan fingerprint density at radius 3 is 2.68 bits per heavy atom. The van der Waals surface area contributed by atoms with E-state index in [0.29, 0.717) is 37.5 Å². The lowest BCUT2D eigenvalue weighted by atomic mass is 10.1. The fourth-order valence-corrected chi connectivity index (χ4v) is 4.48. The van der Waals surface area contributed by atoms with Gasteiger partial charge in [0.25, 0.3) is 17.7 Å². The van der Waals surface area contributed by atoms with Crippen LogP contribution in [0.25, 0.3) is 10.9 Å². The molecule has 0 radical (unpaired) electrons. The van der Waals surface area contributed by atoms with E-state index in [2.05, 4.69) is 10.3 Å². The van der Waals surface area contributed by atoms with Crippen LogP contribution < -0.4 is 16.0 Å². The van der Waals surface area contributed by atoms with Gasteiger partial charge in [-0.3, -0.25) is 14.4 Å². The molecule has 198 valence electrons. The number of hydrogen-bond donors (Lipinski definition) is 3. The number of rotatable bonds is 5. The Kier molecular flexibility index (Phi) is 7.18. The Balaban J connectivity index is 1.33. The molecule has 0 unspecified atom stereocenters. The van der Waals surface area contributed by atoms with E-state index in [1.54, 1.807) is 30.3 Å². The van der Waals surface area contributed by atoms with Crippen molar-refractivity contribution in [1.82, 2.24) is 9.88 Å². The third kappa shape index (κ3) is 5.01. The number of amides is 3. The molecule has 38 heavy (non-hydrogen) atoms. The summed E-state index contributed by atoms with van der Waals surface area (Å²) in [4.78, 5) is 46.1. The second-order valence-corrected chi connectivity index (χ2v) is 8.90. The van der Waals surface area contributed by atoms with Gasteiger partial charge < -0.3 is 35.4 Å². The van der Waals surface area contributed by atoms with Gasteiger partial charge in [-0.05, 0) is 36.4 Å². The number of benzene rings is 2. The highest BCUT2D eigenvalue weighted by atomic mass is 19.1. The molecule has 2 aliphatic heterocycles. The normalized spacial score (nSPS) is 18.9. The summed E-state index contributed by atoms with van der Waals surface area (Å²) in [5.41, 5.74) is 6.58. The second kappa shape index (κ2) is 10.7. The van der Waals surface area contributed by atoms with Crippen molar-refractivity contribution in [2.45, 2.75) is 12.2 Å². The number of pyridine rings is 1. The van der Waals surface area contributed by atoms with E-state index >= 15 is 0 Å². The van der Waals surface area contributed by atoms with E-state index in [0.717, 1.165) is 11.5 Å². The highest BCUT2D eigenvalue weighted by molar-refractivity contribution is 6.07. The Hall–Kier alpha value is -4.13. The molecule has 12 heteroatoms. The number of nitrogens with zero attached hydrogens (tertiary/aromatic N) is 3. The summed E-state index contributed by atoms with van der Waals surface area (Å²) in [6.07, 6.45) is -3.36. The number of hydrogen-bond acceptors (Lipinski definition) is 8. The third-order valence-corrected chi connectivity index (χ3v) is 6.47. The van der Waals surface area contributed by atoms with Crippen molar-refractivity contribution in [2.24, 2.45) is 0 Å². The van der Waals surface area contributed by atoms with Gasteiger partial charge in [0.1, 0.15) is 11.6 Å². The number of carbonyl (C=O) groups is 3. The SMILES string of the molecule is Nc1ccc2cccc(NC(=O)[C@H](O)[C@H]3OCCN(c4ccc(F)c(C(=O)N5CCOCC5)c4)C3=O)c2n1. The second-order valence-electron chi connectivity index (χ2n) is 8.90. The smallest absolute Gasteiger partial charge is 0.259 e. The first-order chi connectivity index (χ1) is 18.3. The van der Waals surface area contributed by atoms with Gasteiger partial charge in [-0.2, -0.15) is 0 Å². The fraction of sp³-hybridized carbons (Fsp3) is 0.308. The minimum atomic E-state index is -1.85. The topological polar surface area (TPSA) is 147 Å². The van der Waals surface area contributed by atoms with Gasteiger partial charge in [0.15, 0.2) is 12.2 Å². The first-order valence-electron chi connectivity index (χ1n) is 12.1. The Morgan fingerprint density at radius 1 is 1.11 bits per heavy atom. The number of halogens is 1. The van der Waals surface area contributed by atoms with Crippen LogP contribution in [-0.2, 0) is 19.1 Å². The zero-order chi connectivity index (χ0) is 26.8. The van der Waals surface area contributed by atoms with Gasteiger partial charge >= 0.3 is 0 Å². The molecule has 1 aromatic heterocycles. The minimum Gasteiger partial charge on any atom is -0.384 e. The molecule has 5 rings (SSSR count). The van der Waals surface area contributed by atoms with Crippen molar-refractivity contribution in [3.05, 3.63) is 59.9 Å². The number of aliphatic hydroxyl groups is 1. The number of carbonyl (C=O) groups excluding carboxylic acids is 3. The molecule has 0 saturated carbocycles. The molecule has 3 heterocycles. The molecule has 0 spiro atoms. The summed E-state index contributed by atoms with van der Waals surface area (Å²) in [6.45, 7) is 1.49. The summed E-state index contributed by atoms with van der Waals surface area (Å²) in [7, 11) is 0. The molecule has 0 bridgehead atoms. The van der Waals surface area contributed by atoms with E-state index in [4.69, 9.17) is 15.2 Å². The summed E-state index contributed by atoms with van der Waals surface area (Å²) >= 11 is 0. The lowest BCUT2D eigenvalue weighted by molar-refractivity contribution is -0.150. The highest BCUT2D eigenvalue weighted by Gasteiger charge is 2.40. The molecule has 3 aromatic rings. The lowest BCUT2D eigenvalue weighted by Crippen LogP contribution is -2.55. The van der Waals surface area contributed by atoms with Crippen LogP contribution >= 0.6 is 0 Å². The number of anilines is 3. The van der Waals surface area contributed by atoms with Crippen LogP contribution in [0.4, 0.5) is 21.6 Å². The quantitative estimate of drug-likeness (QED) is 0.452. The van der Waals surface area contributed by atoms with Crippen LogP contribution in [0.3, 0.4) is 0 Å². The molecule has 2 aliphatic rings. The van der Waals surface area contributed by atoms with Crippen molar-refractivity contribution in [3.8, 4) is 0 Å². The third-order valence-electron chi connectivity index (χ3n) is 6.47. The summed E-state index contributed by atoms with van der Waals surface area (Å²) in [5, 5.41) is 14.1. The van der Waals surface area contributed by atoms with Crippen LogP contribution in [-0.4, -0.2) is 84.4 Å². The summed E-state index contributed by atoms with van der Waals surface area (Å²) in [6, 6.07) is 12.2. The number of nitrogens with one attached hydrogen (secondary N) is 1. The molecule has 2 saturated heterocycles. The number of morpholine rings is 2. The molecular weight excluding hydrogens is 497 g/mol. The first kappa shape index (κ1) is 25.5. The van der Waals surface area contributed by atoms with E-state index < -0.39 is 35.7 Å². The van der Waals surface area contributed by atoms with Crippen LogP contribution in [0.2, 0.25) is 0 Å². The number of nitrogen functional groups attached to an aromatic ring is 1. The van der Waals surface area contributed by atoms with Gasteiger partial charge in [-0.15, -0.1) is 0 Å². The molecule has 0 aliphatic carbocycles. The number of aliphatic hydroxyl groups excluding tert-OH is 1. The predicted molar refractivity (Wildman–Crippen MR) is 136 cm³/mol. The average molecular weight is 524 g/mol. The minimum absolute atomic E-state index is 0.0111. The summed E-state index contributed by atoms with van der Waals surface area (Å²) in [5.74, 6) is -2.54. The van der Waals surface area contributed by atoms with E-state index in [1.165, 1.54) is 21.9 Å². The van der Waals surface area contributed by atoms with Gasteiger partial charge in [0.2, 0.25) is 0 Å². The molecule has 2 fully saturated rings. The van der Waals surface area contributed by atoms with Crippen molar-refractivity contribution in [2.75, 3.05) is 55.4 Å². The maximum Gasteiger partial charge on any atom is 0.259 e. The zero-order valence-corrected chi connectivity index (χ0v) is 20.3. The molecule has 2 aromatic carbocycles. The van der Waals surface area contributed by atoms with Gasteiger partial charge in [-0.25, -0.2) is 9.37 Å². The summed E-state index contributed by atoms with van der Waals surface area (Å²) < 4.78 is 25.3. The molecule has 11 nitrogen and oxygen atoms in total.